The van der Waals surface area contributed by atoms with Gasteiger partial charge in [-0.1, -0.05) is 16.7 Å². The normalized spacial score (nSPS) is 10.8. The molecule has 0 unspecified atom stereocenters. The smallest absolute Gasteiger partial charge is 0.288 e. The van der Waals surface area contributed by atoms with Gasteiger partial charge in [-0.2, -0.15) is 5.10 Å². The molecule has 0 aliphatic carbocycles. The Hall–Kier alpha value is -3.34. The molecule has 0 fully saturated rings. The number of nitrogens with one attached hydrogen (secondary N) is 1. The number of tetrazole rings is 1. The van der Waals surface area contributed by atoms with Crippen molar-refractivity contribution in [2.75, 3.05) is 5.32 Å². The SMILES string of the molecule is Cc1cc(Cl)ccc1-n1c(=O)c(C(=O)Nc2nnnn2C)nn(C)c1=O. The molecule has 26 heavy (non-hydrogen) atoms. The average molecular weight is 377 g/mol. The largest absolute Gasteiger partial charge is 0.351 e. The molecule has 0 aliphatic rings. The van der Waals surface area contributed by atoms with Gasteiger partial charge in [0.1, 0.15) is 0 Å². The molecule has 134 valence electrons. The molecule has 3 aromatic rings. The molecule has 1 amide bonds. The summed E-state index contributed by atoms with van der Waals surface area (Å²) in [7, 11) is 2.85. The van der Waals surface area contributed by atoms with Crippen LogP contribution in [0.4, 0.5) is 5.95 Å². The standard InChI is InChI=1S/C14H13ClN8O3/c1-7-6-8(15)4-5-9(7)23-12(25)10(18-22(3)14(23)26)11(24)16-13-17-19-20-21(13)2/h4-6H,1-3H3,(H,16,17,20,24). The van der Waals surface area contributed by atoms with Crippen molar-refractivity contribution in [3.8, 4) is 5.69 Å². The number of benzene rings is 1. The number of anilines is 1. The Morgan fingerprint density at radius 2 is 1.92 bits per heavy atom. The van der Waals surface area contributed by atoms with Gasteiger partial charge in [-0.05, 0) is 41.1 Å². The van der Waals surface area contributed by atoms with Gasteiger partial charge >= 0.3 is 5.69 Å². The van der Waals surface area contributed by atoms with Crippen LogP contribution in [0, 0.1) is 6.92 Å². The average Bonchev–Trinajstić information content (AvgIpc) is 2.97. The van der Waals surface area contributed by atoms with Crippen LogP contribution in [0.5, 0.6) is 0 Å². The van der Waals surface area contributed by atoms with Gasteiger partial charge in [0.15, 0.2) is 0 Å². The first kappa shape index (κ1) is 17.5. The van der Waals surface area contributed by atoms with Crippen LogP contribution in [-0.4, -0.2) is 40.5 Å². The van der Waals surface area contributed by atoms with Gasteiger partial charge in [0.05, 0.1) is 5.69 Å². The predicted molar refractivity (Wildman–Crippen MR) is 91.6 cm³/mol. The van der Waals surface area contributed by atoms with Gasteiger partial charge in [0.2, 0.25) is 11.6 Å². The molecule has 0 radical (unpaired) electrons. The highest BCUT2D eigenvalue weighted by Crippen LogP contribution is 2.16. The number of hydrogen-bond donors (Lipinski definition) is 1. The van der Waals surface area contributed by atoms with E-state index in [1.54, 1.807) is 19.1 Å². The number of amides is 1. The van der Waals surface area contributed by atoms with Gasteiger partial charge in [-0.3, -0.25) is 14.9 Å². The van der Waals surface area contributed by atoms with Crippen molar-refractivity contribution < 1.29 is 4.79 Å². The van der Waals surface area contributed by atoms with E-state index in [4.69, 9.17) is 11.6 Å². The monoisotopic (exact) mass is 376 g/mol. The Morgan fingerprint density at radius 1 is 1.19 bits per heavy atom. The molecule has 12 heteroatoms. The Balaban J connectivity index is 2.16. The quantitative estimate of drug-likeness (QED) is 0.662. The van der Waals surface area contributed by atoms with Crippen LogP contribution in [0.25, 0.3) is 5.69 Å². The molecule has 0 aliphatic heterocycles. The summed E-state index contributed by atoms with van der Waals surface area (Å²) in [5.74, 6) is -0.817. The number of hydrogen-bond acceptors (Lipinski definition) is 7. The van der Waals surface area contributed by atoms with E-state index in [0.717, 1.165) is 9.25 Å². The molecule has 0 bridgehead atoms. The number of nitrogens with zero attached hydrogens (tertiary/aromatic N) is 7. The van der Waals surface area contributed by atoms with Crippen molar-refractivity contribution in [1.29, 1.82) is 0 Å². The van der Waals surface area contributed by atoms with Gasteiger partial charge in [-0.25, -0.2) is 18.7 Å². The number of rotatable bonds is 3. The van der Waals surface area contributed by atoms with Crippen LogP contribution >= 0.6 is 11.6 Å². The molecule has 0 saturated heterocycles. The fourth-order valence-electron chi connectivity index (χ4n) is 2.29. The fraction of sp³-hybridized carbons (Fsp3) is 0.214. The number of aromatic nitrogens is 7. The number of aryl methyl sites for hydroxylation is 3. The summed E-state index contributed by atoms with van der Waals surface area (Å²) in [5, 5.41) is 17.2. The zero-order chi connectivity index (χ0) is 19.0. The lowest BCUT2D eigenvalue weighted by atomic mass is 10.2. The summed E-state index contributed by atoms with van der Waals surface area (Å²) < 4.78 is 2.98. The first-order valence-corrected chi connectivity index (χ1v) is 7.68. The van der Waals surface area contributed by atoms with E-state index in [1.807, 2.05) is 0 Å². The molecule has 0 atom stereocenters. The highest BCUT2D eigenvalue weighted by Gasteiger charge is 2.21. The van der Waals surface area contributed by atoms with Crippen molar-refractivity contribution in [2.24, 2.45) is 14.1 Å². The Morgan fingerprint density at radius 3 is 2.54 bits per heavy atom. The van der Waals surface area contributed by atoms with Gasteiger partial charge in [0.25, 0.3) is 11.5 Å². The summed E-state index contributed by atoms with van der Waals surface area (Å²) >= 11 is 5.92. The topological polar surface area (TPSA) is 130 Å². The summed E-state index contributed by atoms with van der Waals surface area (Å²) in [6.07, 6.45) is 0. The molecular weight excluding hydrogens is 364 g/mol. The van der Waals surface area contributed by atoms with E-state index < -0.39 is 22.9 Å². The lowest BCUT2D eigenvalue weighted by molar-refractivity contribution is 0.101. The Labute approximate surface area is 150 Å². The van der Waals surface area contributed by atoms with Crippen molar-refractivity contribution in [2.45, 2.75) is 6.92 Å². The lowest BCUT2D eigenvalue weighted by Gasteiger charge is -2.11. The minimum atomic E-state index is -0.869. The summed E-state index contributed by atoms with van der Waals surface area (Å²) in [6.45, 7) is 1.69. The third-order valence-electron chi connectivity index (χ3n) is 3.58. The fourth-order valence-corrected chi connectivity index (χ4v) is 2.52. The minimum absolute atomic E-state index is 0.0271. The van der Waals surface area contributed by atoms with E-state index in [2.05, 4.69) is 25.9 Å². The third kappa shape index (κ3) is 2.99. The molecule has 11 nitrogen and oxygen atoms in total. The number of halogens is 1. The van der Waals surface area contributed by atoms with E-state index in [-0.39, 0.29) is 5.95 Å². The molecule has 0 spiro atoms. The second kappa shape index (κ2) is 6.52. The molecule has 3 rings (SSSR count). The van der Waals surface area contributed by atoms with Gasteiger partial charge < -0.3 is 0 Å². The maximum atomic E-state index is 12.8. The second-order valence-corrected chi connectivity index (χ2v) is 5.84. The van der Waals surface area contributed by atoms with Gasteiger partial charge in [-0.15, -0.1) is 0 Å². The zero-order valence-electron chi connectivity index (χ0n) is 14.0. The van der Waals surface area contributed by atoms with Crippen molar-refractivity contribution in [3.05, 3.63) is 55.3 Å². The minimum Gasteiger partial charge on any atom is -0.288 e. The zero-order valence-corrected chi connectivity index (χ0v) is 14.7. The van der Waals surface area contributed by atoms with E-state index >= 15 is 0 Å². The van der Waals surface area contributed by atoms with E-state index in [9.17, 15) is 14.4 Å². The van der Waals surface area contributed by atoms with Crippen molar-refractivity contribution in [3.63, 3.8) is 0 Å². The van der Waals surface area contributed by atoms with Crippen LogP contribution in [0.1, 0.15) is 16.1 Å². The van der Waals surface area contributed by atoms with Crippen LogP contribution < -0.4 is 16.6 Å². The van der Waals surface area contributed by atoms with Crippen LogP contribution in [-0.2, 0) is 14.1 Å². The first-order valence-electron chi connectivity index (χ1n) is 7.30. The van der Waals surface area contributed by atoms with Crippen LogP contribution in [0.2, 0.25) is 5.02 Å². The third-order valence-corrected chi connectivity index (χ3v) is 3.82. The summed E-state index contributed by atoms with van der Waals surface area (Å²) in [6, 6.07) is 4.67. The maximum absolute atomic E-state index is 12.8. The van der Waals surface area contributed by atoms with Crippen LogP contribution in [0.15, 0.2) is 27.8 Å². The molecule has 1 N–H and O–H groups in total. The Bertz CT molecular complexity index is 1130. The molecular formula is C14H13ClN8O3. The second-order valence-electron chi connectivity index (χ2n) is 5.41. The molecule has 2 aromatic heterocycles. The van der Waals surface area contributed by atoms with Gasteiger partial charge in [0, 0.05) is 19.1 Å². The molecule has 1 aromatic carbocycles. The first-order chi connectivity index (χ1) is 12.3. The van der Waals surface area contributed by atoms with Crippen LogP contribution in [0.3, 0.4) is 0 Å². The summed E-state index contributed by atoms with van der Waals surface area (Å²) in [4.78, 5) is 37.6. The van der Waals surface area contributed by atoms with E-state index in [0.29, 0.717) is 16.3 Å². The highest BCUT2D eigenvalue weighted by atomic mass is 35.5. The van der Waals surface area contributed by atoms with Crippen molar-refractivity contribution in [1.82, 2.24) is 34.6 Å². The summed E-state index contributed by atoms with van der Waals surface area (Å²) in [5.41, 5.74) is -1.16. The number of carbonyl (C=O) groups is 1. The lowest BCUT2D eigenvalue weighted by Crippen LogP contribution is -2.44. The molecule has 0 saturated carbocycles. The maximum Gasteiger partial charge on any atom is 0.351 e. The van der Waals surface area contributed by atoms with Crippen molar-refractivity contribution >= 4 is 23.5 Å². The highest BCUT2D eigenvalue weighted by molar-refractivity contribution is 6.30. The molecule has 2 heterocycles. The predicted octanol–water partition coefficient (Wildman–Crippen LogP) is -0.331. The number of carbonyl (C=O) groups excluding carboxylic acids is 1. The Kier molecular flexibility index (Phi) is 4.38. The van der Waals surface area contributed by atoms with E-state index in [1.165, 1.54) is 24.8 Å².